The minimum atomic E-state index is -0.0293. The summed E-state index contributed by atoms with van der Waals surface area (Å²) in [6, 6.07) is 1.73. The molecule has 0 radical (unpaired) electrons. The number of aldehydes is 1. The van der Waals surface area contributed by atoms with E-state index in [0.717, 1.165) is 11.8 Å². The SMILES string of the molecule is CCOc1cc(OC)c(C2CC(C=O)=NN2C)cn1. The first kappa shape index (κ1) is 13.3. The largest absolute Gasteiger partial charge is 0.496 e. The summed E-state index contributed by atoms with van der Waals surface area (Å²) >= 11 is 0. The fourth-order valence-corrected chi connectivity index (χ4v) is 2.11. The lowest BCUT2D eigenvalue weighted by molar-refractivity contribution is -0.102. The van der Waals surface area contributed by atoms with Crippen LogP contribution < -0.4 is 9.47 Å². The van der Waals surface area contributed by atoms with Crippen molar-refractivity contribution in [3.63, 3.8) is 0 Å². The molecule has 0 fully saturated rings. The third-order valence-corrected chi connectivity index (χ3v) is 3.02. The van der Waals surface area contributed by atoms with Crippen molar-refractivity contribution in [2.24, 2.45) is 5.10 Å². The molecule has 2 heterocycles. The lowest BCUT2D eigenvalue weighted by Crippen LogP contribution is -2.15. The van der Waals surface area contributed by atoms with Crippen LogP contribution in [0.1, 0.15) is 24.9 Å². The van der Waals surface area contributed by atoms with Gasteiger partial charge in [-0.05, 0) is 6.92 Å². The minimum absolute atomic E-state index is 0.0293. The molecule has 1 unspecified atom stereocenters. The van der Waals surface area contributed by atoms with Crippen molar-refractivity contribution in [3.8, 4) is 11.6 Å². The molecule has 102 valence electrons. The smallest absolute Gasteiger partial charge is 0.216 e. The highest BCUT2D eigenvalue weighted by Gasteiger charge is 2.28. The third kappa shape index (κ3) is 2.67. The highest BCUT2D eigenvalue weighted by atomic mass is 16.5. The maximum atomic E-state index is 10.8. The Kier molecular flexibility index (Phi) is 3.99. The number of pyridine rings is 1. The molecule has 6 heteroatoms. The highest BCUT2D eigenvalue weighted by Crippen LogP contribution is 2.35. The van der Waals surface area contributed by atoms with Crippen LogP contribution in [0.3, 0.4) is 0 Å². The molecule has 1 atom stereocenters. The van der Waals surface area contributed by atoms with Gasteiger partial charge >= 0.3 is 0 Å². The summed E-state index contributed by atoms with van der Waals surface area (Å²) in [5.74, 6) is 1.22. The Balaban J connectivity index is 2.28. The second-order valence-corrected chi connectivity index (χ2v) is 4.20. The van der Waals surface area contributed by atoms with Crippen LogP contribution in [-0.2, 0) is 4.79 Å². The van der Waals surface area contributed by atoms with Gasteiger partial charge in [0.25, 0.3) is 0 Å². The molecular weight excluding hydrogens is 246 g/mol. The summed E-state index contributed by atoms with van der Waals surface area (Å²) in [6.45, 7) is 2.45. The number of carbonyl (C=O) groups excluding carboxylic acids is 1. The fourth-order valence-electron chi connectivity index (χ4n) is 2.11. The molecule has 1 aliphatic heterocycles. The van der Waals surface area contributed by atoms with Crippen molar-refractivity contribution in [2.45, 2.75) is 19.4 Å². The van der Waals surface area contributed by atoms with Crippen LogP contribution in [0.25, 0.3) is 0 Å². The van der Waals surface area contributed by atoms with E-state index in [1.807, 2.05) is 14.0 Å². The van der Waals surface area contributed by atoms with E-state index in [9.17, 15) is 4.79 Å². The maximum absolute atomic E-state index is 10.8. The molecular formula is C13H17N3O3. The number of ether oxygens (including phenoxy) is 2. The van der Waals surface area contributed by atoms with Crippen molar-refractivity contribution in [3.05, 3.63) is 17.8 Å². The first-order chi connectivity index (χ1) is 9.19. The Hall–Kier alpha value is -2.11. The van der Waals surface area contributed by atoms with E-state index in [0.29, 0.717) is 30.4 Å². The van der Waals surface area contributed by atoms with Gasteiger partial charge in [-0.3, -0.25) is 9.80 Å². The van der Waals surface area contributed by atoms with E-state index in [1.165, 1.54) is 0 Å². The van der Waals surface area contributed by atoms with E-state index in [-0.39, 0.29) is 6.04 Å². The number of methoxy groups -OCH3 is 1. The number of nitrogens with zero attached hydrogens (tertiary/aromatic N) is 3. The molecule has 0 spiro atoms. The Morgan fingerprint density at radius 1 is 1.58 bits per heavy atom. The predicted octanol–water partition coefficient (Wildman–Crippen LogP) is 1.42. The van der Waals surface area contributed by atoms with E-state index >= 15 is 0 Å². The molecule has 0 saturated carbocycles. The summed E-state index contributed by atoms with van der Waals surface area (Å²) in [7, 11) is 3.43. The quantitative estimate of drug-likeness (QED) is 0.752. The number of rotatable bonds is 5. The van der Waals surface area contributed by atoms with Gasteiger partial charge < -0.3 is 9.47 Å². The number of hydrogen-bond acceptors (Lipinski definition) is 6. The van der Waals surface area contributed by atoms with Gasteiger partial charge in [0.2, 0.25) is 5.88 Å². The van der Waals surface area contributed by atoms with Gasteiger partial charge in [0.1, 0.15) is 11.5 Å². The van der Waals surface area contributed by atoms with Gasteiger partial charge in [-0.25, -0.2) is 4.98 Å². The van der Waals surface area contributed by atoms with Crippen LogP contribution in [0.4, 0.5) is 0 Å². The number of aromatic nitrogens is 1. The Morgan fingerprint density at radius 2 is 2.37 bits per heavy atom. The minimum Gasteiger partial charge on any atom is -0.496 e. The first-order valence-corrected chi connectivity index (χ1v) is 6.11. The van der Waals surface area contributed by atoms with Gasteiger partial charge in [0.15, 0.2) is 6.29 Å². The van der Waals surface area contributed by atoms with Gasteiger partial charge in [0, 0.05) is 31.3 Å². The van der Waals surface area contributed by atoms with Crippen LogP contribution in [0, 0.1) is 0 Å². The maximum Gasteiger partial charge on any atom is 0.216 e. The highest BCUT2D eigenvalue weighted by molar-refractivity contribution is 6.28. The molecule has 0 saturated heterocycles. The van der Waals surface area contributed by atoms with E-state index in [1.54, 1.807) is 24.4 Å². The molecule has 1 aliphatic rings. The van der Waals surface area contributed by atoms with E-state index in [4.69, 9.17) is 9.47 Å². The molecule has 19 heavy (non-hydrogen) atoms. The molecule has 0 aliphatic carbocycles. The van der Waals surface area contributed by atoms with Crippen molar-refractivity contribution in [1.29, 1.82) is 0 Å². The van der Waals surface area contributed by atoms with Crippen molar-refractivity contribution >= 4 is 12.0 Å². The number of hydrazone groups is 1. The van der Waals surface area contributed by atoms with Gasteiger partial charge in [-0.15, -0.1) is 0 Å². The molecule has 1 aromatic rings. The summed E-state index contributed by atoms with van der Waals surface area (Å²) in [6.07, 6.45) is 3.06. The van der Waals surface area contributed by atoms with E-state index < -0.39 is 0 Å². The monoisotopic (exact) mass is 263 g/mol. The Bertz CT molecular complexity index is 502. The van der Waals surface area contributed by atoms with Crippen LogP contribution in [-0.4, -0.2) is 42.8 Å². The molecule has 6 nitrogen and oxygen atoms in total. The topological polar surface area (TPSA) is 64.0 Å². The molecule has 0 amide bonds. The number of carbonyl (C=O) groups is 1. The van der Waals surface area contributed by atoms with Crippen LogP contribution in [0.15, 0.2) is 17.4 Å². The van der Waals surface area contributed by atoms with Crippen molar-refractivity contribution in [2.75, 3.05) is 20.8 Å². The molecule has 1 aromatic heterocycles. The van der Waals surface area contributed by atoms with Gasteiger partial charge in [-0.2, -0.15) is 5.10 Å². The fraction of sp³-hybridized carbons (Fsp3) is 0.462. The van der Waals surface area contributed by atoms with Crippen LogP contribution in [0.2, 0.25) is 0 Å². The lowest BCUT2D eigenvalue weighted by atomic mass is 10.0. The normalized spacial score (nSPS) is 18.2. The molecule has 2 rings (SSSR count). The summed E-state index contributed by atoms with van der Waals surface area (Å²) < 4.78 is 10.7. The van der Waals surface area contributed by atoms with Crippen LogP contribution >= 0.6 is 0 Å². The van der Waals surface area contributed by atoms with E-state index in [2.05, 4.69) is 10.1 Å². The van der Waals surface area contributed by atoms with Gasteiger partial charge in [-0.1, -0.05) is 0 Å². The Labute approximate surface area is 112 Å². The zero-order valence-corrected chi connectivity index (χ0v) is 11.3. The lowest BCUT2D eigenvalue weighted by Gasteiger charge is -2.21. The Morgan fingerprint density at radius 3 is 2.95 bits per heavy atom. The number of hydrogen-bond donors (Lipinski definition) is 0. The second-order valence-electron chi connectivity index (χ2n) is 4.20. The third-order valence-electron chi connectivity index (χ3n) is 3.02. The zero-order chi connectivity index (χ0) is 13.8. The van der Waals surface area contributed by atoms with Crippen molar-refractivity contribution in [1.82, 2.24) is 9.99 Å². The average Bonchev–Trinajstić information content (AvgIpc) is 2.80. The zero-order valence-electron chi connectivity index (χ0n) is 11.3. The average molecular weight is 263 g/mol. The summed E-state index contributed by atoms with van der Waals surface area (Å²) in [4.78, 5) is 15.0. The first-order valence-electron chi connectivity index (χ1n) is 6.11. The predicted molar refractivity (Wildman–Crippen MR) is 70.6 cm³/mol. The van der Waals surface area contributed by atoms with Crippen LogP contribution in [0.5, 0.6) is 11.6 Å². The molecule has 0 N–H and O–H groups in total. The summed E-state index contributed by atoms with van der Waals surface area (Å²) in [5.41, 5.74) is 1.43. The van der Waals surface area contributed by atoms with Crippen molar-refractivity contribution < 1.29 is 14.3 Å². The standard InChI is InChI=1S/C13H17N3O3/c1-4-19-13-6-12(18-3)10(7-14-13)11-5-9(8-17)15-16(11)2/h6-8,11H,4-5H2,1-3H3. The summed E-state index contributed by atoms with van der Waals surface area (Å²) in [5, 5.41) is 5.92. The van der Waals surface area contributed by atoms with Gasteiger partial charge in [0.05, 0.1) is 19.8 Å². The second kappa shape index (κ2) is 5.69. The molecule has 0 bridgehead atoms. The molecule has 0 aromatic carbocycles.